The minimum Gasteiger partial charge on any atom is -0.324 e. The van der Waals surface area contributed by atoms with Gasteiger partial charge >= 0.3 is 0 Å². The van der Waals surface area contributed by atoms with Crippen molar-refractivity contribution >= 4 is 11.6 Å². The third-order valence-corrected chi connectivity index (χ3v) is 0.843. The van der Waals surface area contributed by atoms with Crippen LogP contribution in [0.1, 0.15) is 6.92 Å². The molecule has 1 heterocycles. The van der Waals surface area contributed by atoms with Crippen molar-refractivity contribution in [2.75, 3.05) is 5.32 Å². The zero-order valence-corrected chi connectivity index (χ0v) is 5.46. The lowest BCUT2D eigenvalue weighted by Crippen LogP contribution is -2.05. The summed E-state index contributed by atoms with van der Waals surface area (Å²) in [6.07, 6.45) is 5.32. The molecule has 0 atom stereocenters. The quantitative estimate of drug-likeness (QED) is 0.601. The standard InChI is InChI=1S/C6H6N3O/c1-5(10)9-6-2-7-4-8-3-6/h2-3H,1H3,(H,9,10). The molecule has 0 unspecified atom stereocenters. The number of nitrogens with zero attached hydrogens (tertiary/aromatic N) is 2. The smallest absolute Gasteiger partial charge is 0.221 e. The lowest BCUT2D eigenvalue weighted by atomic mass is 10.5. The summed E-state index contributed by atoms with van der Waals surface area (Å²) >= 11 is 0. The van der Waals surface area contributed by atoms with Gasteiger partial charge in [-0.1, -0.05) is 0 Å². The van der Waals surface area contributed by atoms with E-state index in [4.69, 9.17) is 0 Å². The van der Waals surface area contributed by atoms with Crippen molar-refractivity contribution in [3.63, 3.8) is 0 Å². The first-order valence-electron chi connectivity index (χ1n) is 2.75. The molecule has 10 heavy (non-hydrogen) atoms. The second kappa shape index (κ2) is 2.91. The number of hydrogen-bond acceptors (Lipinski definition) is 3. The maximum Gasteiger partial charge on any atom is 0.221 e. The van der Waals surface area contributed by atoms with Crippen molar-refractivity contribution in [3.05, 3.63) is 18.7 Å². The maximum absolute atomic E-state index is 10.4. The average Bonchev–Trinajstić information content (AvgIpc) is 1.88. The minimum absolute atomic E-state index is 0.130. The Morgan fingerprint density at radius 1 is 1.60 bits per heavy atom. The molecule has 0 spiro atoms. The number of carbonyl (C=O) groups is 1. The van der Waals surface area contributed by atoms with E-state index in [-0.39, 0.29) is 5.91 Å². The lowest BCUT2D eigenvalue weighted by molar-refractivity contribution is -0.114. The van der Waals surface area contributed by atoms with Gasteiger partial charge in [-0.3, -0.25) is 4.79 Å². The van der Waals surface area contributed by atoms with Gasteiger partial charge in [-0.25, -0.2) is 9.97 Å². The molecule has 1 aromatic rings. The zero-order valence-electron chi connectivity index (χ0n) is 5.46. The van der Waals surface area contributed by atoms with Crippen LogP contribution >= 0.6 is 0 Å². The number of rotatable bonds is 1. The van der Waals surface area contributed by atoms with Crippen molar-refractivity contribution in [2.24, 2.45) is 0 Å². The monoisotopic (exact) mass is 136 g/mol. The Bertz CT molecular complexity index is 222. The van der Waals surface area contributed by atoms with Crippen LogP contribution in [0.25, 0.3) is 0 Å². The third kappa shape index (κ3) is 1.81. The number of aromatic nitrogens is 2. The summed E-state index contributed by atoms with van der Waals surface area (Å²) < 4.78 is 0. The van der Waals surface area contributed by atoms with E-state index in [0.29, 0.717) is 5.69 Å². The first-order valence-corrected chi connectivity index (χ1v) is 2.75. The molecule has 0 aliphatic carbocycles. The van der Waals surface area contributed by atoms with Gasteiger partial charge in [0.05, 0.1) is 18.1 Å². The highest BCUT2D eigenvalue weighted by molar-refractivity contribution is 5.88. The molecule has 1 radical (unpaired) electrons. The van der Waals surface area contributed by atoms with E-state index in [1.165, 1.54) is 19.3 Å². The molecule has 0 bridgehead atoms. The number of amides is 1. The second-order valence-electron chi connectivity index (χ2n) is 1.75. The van der Waals surface area contributed by atoms with E-state index in [9.17, 15) is 4.79 Å². The van der Waals surface area contributed by atoms with Crippen molar-refractivity contribution in [2.45, 2.75) is 6.92 Å². The van der Waals surface area contributed by atoms with Crippen LogP contribution in [-0.4, -0.2) is 15.9 Å². The van der Waals surface area contributed by atoms with Gasteiger partial charge in [-0.05, 0) is 0 Å². The minimum atomic E-state index is -0.130. The Hall–Kier alpha value is -1.45. The molecule has 0 saturated heterocycles. The fraction of sp³-hybridized carbons (Fsp3) is 0.167. The number of nitrogens with one attached hydrogen (secondary N) is 1. The van der Waals surface area contributed by atoms with Gasteiger partial charge < -0.3 is 5.32 Å². The molecule has 0 saturated carbocycles. The normalized spacial score (nSPS) is 8.90. The van der Waals surface area contributed by atoms with Crippen LogP contribution in [0.5, 0.6) is 0 Å². The molecule has 1 rings (SSSR count). The largest absolute Gasteiger partial charge is 0.324 e. The fourth-order valence-electron chi connectivity index (χ4n) is 0.531. The van der Waals surface area contributed by atoms with Gasteiger partial charge in [0.15, 0.2) is 6.33 Å². The Balaban J connectivity index is 2.67. The van der Waals surface area contributed by atoms with Crippen LogP contribution in [0.15, 0.2) is 12.4 Å². The van der Waals surface area contributed by atoms with Gasteiger partial charge in [0.25, 0.3) is 0 Å². The van der Waals surface area contributed by atoms with E-state index in [1.54, 1.807) is 0 Å². The molecule has 0 fully saturated rings. The van der Waals surface area contributed by atoms with Crippen LogP contribution in [0.4, 0.5) is 5.69 Å². The summed E-state index contributed by atoms with van der Waals surface area (Å²) in [5, 5.41) is 2.52. The molecule has 0 aliphatic rings. The topological polar surface area (TPSA) is 54.9 Å². The highest BCUT2D eigenvalue weighted by Gasteiger charge is 1.92. The second-order valence-corrected chi connectivity index (χ2v) is 1.75. The van der Waals surface area contributed by atoms with Gasteiger partial charge in [0.1, 0.15) is 0 Å². The van der Waals surface area contributed by atoms with E-state index in [1.807, 2.05) is 0 Å². The molecule has 1 aromatic heterocycles. The molecular formula is C6H6N3O. The van der Waals surface area contributed by atoms with E-state index in [0.717, 1.165) is 0 Å². The molecule has 4 heteroatoms. The summed E-state index contributed by atoms with van der Waals surface area (Å²) in [5.41, 5.74) is 0.589. The Kier molecular flexibility index (Phi) is 1.94. The molecule has 0 aromatic carbocycles. The molecule has 51 valence electrons. The number of carbonyl (C=O) groups excluding carboxylic acids is 1. The summed E-state index contributed by atoms with van der Waals surface area (Å²) in [5.74, 6) is -0.130. The van der Waals surface area contributed by atoms with Crippen LogP contribution in [0.3, 0.4) is 0 Å². The summed E-state index contributed by atoms with van der Waals surface area (Å²) in [6.45, 7) is 1.43. The SMILES string of the molecule is CC(=O)Nc1cn[c]nc1. The molecule has 0 aliphatic heterocycles. The average molecular weight is 136 g/mol. The number of hydrogen-bond donors (Lipinski definition) is 1. The fourth-order valence-corrected chi connectivity index (χ4v) is 0.531. The predicted molar refractivity (Wildman–Crippen MR) is 35.2 cm³/mol. The predicted octanol–water partition coefficient (Wildman–Crippen LogP) is 0.235. The Labute approximate surface area is 58.3 Å². The van der Waals surface area contributed by atoms with Crippen LogP contribution < -0.4 is 5.32 Å². The zero-order chi connectivity index (χ0) is 7.40. The first-order chi connectivity index (χ1) is 4.79. The van der Waals surface area contributed by atoms with Crippen molar-refractivity contribution in [1.82, 2.24) is 9.97 Å². The Morgan fingerprint density at radius 3 is 2.70 bits per heavy atom. The lowest BCUT2D eigenvalue weighted by Gasteiger charge is -1.96. The summed E-state index contributed by atoms with van der Waals surface area (Å²) in [7, 11) is 0. The summed E-state index contributed by atoms with van der Waals surface area (Å²) in [6, 6.07) is 0. The van der Waals surface area contributed by atoms with Crippen molar-refractivity contribution < 1.29 is 4.79 Å². The molecule has 1 N–H and O–H groups in total. The summed E-state index contributed by atoms with van der Waals surface area (Å²) in [4.78, 5) is 17.6. The van der Waals surface area contributed by atoms with Gasteiger partial charge in [0.2, 0.25) is 5.91 Å². The highest BCUT2D eigenvalue weighted by atomic mass is 16.1. The van der Waals surface area contributed by atoms with Crippen LogP contribution in [-0.2, 0) is 4.79 Å². The number of anilines is 1. The molecule has 4 nitrogen and oxygen atoms in total. The van der Waals surface area contributed by atoms with Crippen LogP contribution in [0, 0.1) is 6.33 Å². The molecule has 1 amide bonds. The van der Waals surface area contributed by atoms with E-state index < -0.39 is 0 Å². The van der Waals surface area contributed by atoms with Crippen molar-refractivity contribution in [3.8, 4) is 0 Å². The van der Waals surface area contributed by atoms with E-state index in [2.05, 4.69) is 21.6 Å². The highest BCUT2D eigenvalue weighted by Crippen LogP contribution is 1.98. The van der Waals surface area contributed by atoms with Gasteiger partial charge in [-0.2, -0.15) is 0 Å². The molecular weight excluding hydrogens is 130 g/mol. The van der Waals surface area contributed by atoms with Crippen molar-refractivity contribution in [1.29, 1.82) is 0 Å². The Morgan fingerprint density at radius 2 is 2.20 bits per heavy atom. The van der Waals surface area contributed by atoms with Gasteiger partial charge in [0, 0.05) is 6.92 Å². The third-order valence-electron chi connectivity index (χ3n) is 0.843. The first kappa shape index (κ1) is 6.67. The van der Waals surface area contributed by atoms with Gasteiger partial charge in [-0.15, -0.1) is 0 Å². The van der Waals surface area contributed by atoms with Crippen LogP contribution in [0.2, 0.25) is 0 Å². The maximum atomic E-state index is 10.4. The van der Waals surface area contributed by atoms with E-state index >= 15 is 0 Å².